The van der Waals surface area contributed by atoms with Crippen LogP contribution in [0.25, 0.3) is 15.9 Å². The second-order valence-corrected chi connectivity index (χ2v) is 7.70. The number of para-hydroxylation sites is 1. The van der Waals surface area contributed by atoms with E-state index in [4.69, 9.17) is 0 Å². The first-order chi connectivity index (χ1) is 14.4. The van der Waals surface area contributed by atoms with Crippen LogP contribution >= 0.6 is 11.3 Å². The molecule has 3 aromatic heterocycles. The van der Waals surface area contributed by atoms with Crippen LogP contribution in [0.4, 0.5) is 4.79 Å². The predicted octanol–water partition coefficient (Wildman–Crippen LogP) is 2.04. The summed E-state index contributed by atoms with van der Waals surface area (Å²) in [5, 5.41) is 17.3. The molecule has 4 rings (SSSR count). The number of aryl methyl sites for hydroxylation is 1. The number of aromatic amines is 1. The molecule has 0 fully saturated rings. The smallest absolute Gasteiger partial charge is 0.326 e. The van der Waals surface area contributed by atoms with Gasteiger partial charge in [-0.15, -0.1) is 11.3 Å². The number of hydrogen-bond donors (Lipinski definition) is 4. The Morgan fingerprint density at radius 2 is 2.13 bits per heavy atom. The highest BCUT2D eigenvalue weighted by molar-refractivity contribution is 7.15. The fourth-order valence-corrected chi connectivity index (χ4v) is 4.18. The monoisotopic (exact) mass is 425 g/mol. The molecule has 0 saturated heterocycles. The van der Waals surface area contributed by atoms with Gasteiger partial charge in [-0.3, -0.25) is 9.20 Å². The van der Waals surface area contributed by atoms with Gasteiger partial charge in [0.25, 0.3) is 5.56 Å². The van der Waals surface area contributed by atoms with Crippen molar-refractivity contribution in [2.75, 3.05) is 0 Å². The average Bonchev–Trinajstić information content (AvgIpc) is 3.30. The Kier molecular flexibility index (Phi) is 5.23. The third-order valence-corrected chi connectivity index (χ3v) is 5.70. The zero-order valence-corrected chi connectivity index (χ0v) is 16.8. The highest BCUT2D eigenvalue weighted by Crippen LogP contribution is 2.19. The summed E-state index contributed by atoms with van der Waals surface area (Å²) >= 11 is 1.34. The molecule has 0 spiro atoms. The molecule has 0 aliphatic carbocycles. The van der Waals surface area contributed by atoms with E-state index in [1.54, 1.807) is 6.20 Å². The van der Waals surface area contributed by atoms with Gasteiger partial charge in [0.1, 0.15) is 6.04 Å². The number of carboxylic acids is 1. The van der Waals surface area contributed by atoms with Gasteiger partial charge in [0.15, 0.2) is 4.96 Å². The molecule has 4 N–H and O–H groups in total. The van der Waals surface area contributed by atoms with Crippen LogP contribution < -0.4 is 16.2 Å². The number of carbonyl (C=O) groups is 2. The first kappa shape index (κ1) is 19.6. The van der Waals surface area contributed by atoms with Crippen LogP contribution in [0.3, 0.4) is 0 Å². The number of rotatable bonds is 6. The second-order valence-electron chi connectivity index (χ2n) is 6.86. The van der Waals surface area contributed by atoms with E-state index in [9.17, 15) is 19.5 Å². The summed E-state index contributed by atoms with van der Waals surface area (Å²) in [6.45, 7) is 1.83. The molecular formula is C20H19N5O4S. The molecule has 2 amide bonds. The maximum atomic E-state index is 12.3. The summed E-state index contributed by atoms with van der Waals surface area (Å²) in [6, 6.07) is 7.16. The third kappa shape index (κ3) is 3.90. The van der Waals surface area contributed by atoms with Gasteiger partial charge in [0.2, 0.25) is 0 Å². The zero-order chi connectivity index (χ0) is 21.3. The van der Waals surface area contributed by atoms with Crippen molar-refractivity contribution in [1.29, 1.82) is 0 Å². The molecule has 1 atom stereocenters. The number of carbonyl (C=O) groups excluding carboxylic acids is 1. The van der Waals surface area contributed by atoms with Crippen molar-refractivity contribution in [3.8, 4) is 0 Å². The number of nitrogens with zero attached hydrogens (tertiary/aromatic N) is 2. The number of fused-ring (bicyclic) bond motifs is 2. The lowest BCUT2D eigenvalue weighted by Gasteiger charge is -2.15. The van der Waals surface area contributed by atoms with Gasteiger partial charge in [-0.2, -0.15) is 0 Å². The molecule has 0 aliphatic rings. The van der Waals surface area contributed by atoms with E-state index in [0.29, 0.717) is 10.7 Å². The third-order valence-electron chi connectivity index (χ3n) is 4.76. The number of urea groups is 1. The first-order valence-electron chi connectivity index (χ1n) is 9.21. The van der Waals surface area contributed by atoms with Crippen molar-refractivity contribution in [2.45, 2.75) is 25.9 Å². The molecule has 0 unspecified atom stereocenters. The zero-order valence-electron chi connectivity index (χ0n) is 16.0. The molecular weight excluding hydrogens is 406 g/mol. The Bertz CT molecular complexity index is 1310. The first-order valence-corrected chi connectivity index (χ1v) is 10.1. The van der Waals surface area contributed by atoms with Crippen LogP contribution in [0.5, 0.6) is 0 Å². The van der Waals surface area contributed by atoms with Crippen LogP contribution in [0.15, 0.2) is 46.7 Å². The molecule has 0 bridgehead atoms. The van der Waals surface area contributed by atoms with Crippen molar-refractivity contribution in [2.24, 2.45) is 0 Å². The Balaban J connectivity index is 1.42. The summed E-state index contributed by atoms with van der Waals surface area (Å²) in [5.74, 6) is -1.14. The van der Waals surface area contributed by atoms with E-state index in [-0.39, 0.29) is 18.5 Å². The number of amides is 2. The molecule has 4 aromatic rings. The van der Waals surface area contributed by atoms with Gasteiger partial charge in [-0.25, -0.2) is 14.6 Å². The van der Waals surface area contributed by atoms with Crippen LogP contribution in [0, 0.1) is 6.92 Å². The topological polar surface area (TPSA) is 129 Å². The largest absolute Gasteiger partial charge is 0.480 e. The lowest BCUT2D eigenvalue weighted by Crippen LogP contribution is -2.47. The lowest BCUT2D eigenvalue weighted by molar-refractivity contribution is -0.139. The van der Waals surface area contributed by atoms with Gasteiger partial charge in [-0.05, 0) is 18.6 Å². The van der Waals surface area contributed by atoms with Gasteiger partial charge < -0.3 is 20.7 Å². The van der Waals surface area contributed by atoms with Crippen molar-refractivity contribution < 1.29 is 14.7 Å². The number of hydrogen-bond acceptors (Lipinski definition) is 5. The lowest BCUT2D eigenvalue weighted by atomic mass is 10.1. The van der Waals surface area contributed by atoms with Crippen molar-refractivity contribution in [1.82, 2.24) is 25.0 Å². The highest BCUT2D eigenvalue weighted by Gasteiger charge is 2.22. The molecule has 0 aliphatic heterocycles. The minimum absolute atomic E-state index is 0.00788. The van der Waals surface area contributed by atoms with Crippen molar-refractivity contribution in [3.05, 3.63) is 69.2 Å². The molecule has 1 aromatic carbocycles. The molecule has 154 valence electrons. The maximum absolute atomic E-state index is 12.3. The number of benzene rings is 1. The van der Waals surface area contributed by atoms with Crippen LogP contribution in [-0.4, -0.2) is 37.5 Å². The number of aromatic nitrogens is 3. The molecule has 0 radical (unpaired) electrons. The SMILES string of the molecule is Cc1csc2nc(CNC(=O)N[C@@H](Cc3c[nH]c4ccccc34)C(=O)O)cc(=O)n12. The quantitative estimate of drug-likeness (QED) is 0.376. The van der Waals surface area contributed by atoms with E-state index >= 15 is 0 Å². The summed E-state index contributed by atoms with van der Waals surface area (Å²) in [6.07, 6.45) is 1.88. The van der Waals surface area contributed by atoms with E-state index in [1.165, 1.54) is 21.8 Å². The number of carboxylic acid groups (broad SMARTS) is 1. The van der Waals surface area contributed by atoms with Gasteiger partial charge >= 0.3 is 12.0 Å². The minimum Gasteiger partial charge on any atom is -0.480 e. The van der Waals surface area contributed by atoms with Gasteiger partial charge in [0, 0.05) is 40.7 Å². The predicted molar refractivity (Wildman–Crippen MR) is 113 cm³/mol. The van der Waals surface area contributed by atoms with E-state index < -0.39 is 18.0 Å². The number of thiazole rings is 1. The van der Waals surface area contributed by atoms with Gasteiger partial charge in [-0.1, -0.05) is 18.2 Å². The van der Waals surface area contributed by atoms with Crippen molar-refractivity contribution >= 4 is 39.2 Å². The molecule has 9 nitrogen and oxygen atoms in total. The average molecular weight is 425 g/mol. The van der Waals surface area contributed by atoms with Crippen LogP contribution in [0.1, 0.15) is 17.0 Å². The Hall–Kier alpha value is -3.66. The van der Waals surface area contributed by atoms with Gasteiger partial charge in [0.05, 0.1) is 12.2 Å². The highest BCUT2D eigenvalue weighted by atomic mass is 32.1. The normalized spacial score (nSPS) is 12.2. The van der Waals surface area contributed by atoms with Crippen LogP contribution in [-0.2, 0) is 17.8 Å². The Labute approximate surface area is 174 Å². The fraction of sp³-hybridized carbons (Fsp3) is 0.200. The van der Waals surface area contributed by atoms with E-state index in [0.717, 1.165) is 22.2 Å². The fourth-order valence-electron chi connectivity index (χ4n) is 3.29. The van der Waals surface area contributed by atoms with Crippen LogP contribution in [0.2, 0.25) is 0 Å². The molecule has 30 heavy (non-hydrogen) atoms. The van der Waals surface area contributed by atoms with E-state index in [1.807, 2.05) is 36.6 Å². The summed E-state index contributed by atoms with van der Waals surface area (Å²) in [7, 11) is 0. The molecule has 3 heterocycles. The maximum Gasteiger partial charge on any atom is 0.326 e. The van der Waals surface area contributed by atoms with E-state index in [2.05, 4.69) is 20.6 Å². The number of aliphatic carboxylic acids is 1. The number of H-pyrrole nitrogens is 1. The second kappa shape index (κ2) is 7.99. The molecule has 10 heteroatoms. The molecule has 0 saturated carbocycles. The number of nitrogens with one attached hydrogen (secondary N) is 3. The standard InChI is InChI=1S/C20H19N5O4S/c1-11-10-30-20-23-13(7-17(26)25(11)20)9-22-19(29)24-16(18(27)28)6-12-8-21-15-5-3-2-4-14(12)15/h2-5,7-8,10,16,21H,6,9H2,1H3,(H,27,28)(H2,22,24,29)/t16-/m0/s1. The Morgan fingerprint density at radius 1 is 1.33 bits per heavy atom. The Morgan fingerprint density at radius 3 is 2.93 bits per heavy atom. The minimum atomic E-state index is -1.14. The van der Waals surface area contributed by atoms with Crippen molar-refractivity contribution in [3.63, 3.8) is 0 Å². The summed E-state index contributed by atoms with van der Waals surface area (Å²) < 4.78 is 1.50. The summed E-state index contributed by atoms with van der Waals surface area (Å²) in [4.78, 5) is 44.1. The summed E-state index contributed by atoms with van der Waals surface area (Å²) in [5.41, 5.74) is 2.68.